The van der Waals surface area contributed by atoms with Gasteiger partial charge in [0, 0.05) is 38.6 Å². The third-order valence-electron chi connectivity index (χ3n) is 4.99. The van der Waals surface area contributed by atoms with Crippen molar-refractivity contribution in [1.29, 1.82) is 0 Å². The van der Waals surface area contributed by atoms with Crippen LogP contribution in [0.5, 0.6) is 0 Å². The Morgan fingerprint density at radius 3 is 2.67 bits per heavy atom. The molecule has 2 fully saturated rings. The first-order valence-corrected chi connectivity index (χ1v) is 8.79. The van der Waals surface area contributed by atoms with Gasteiger partial charge in [0.2, 0.25) is 11.8 Å². The highest BCUT2D eigenvalue weighted by molar-refractivity contribution is 5.85. The lowest BCUT2D eigenvalue weighted by Gasteiger charge is -2.40. The van der Waals surface area contributed by atoms with Crippen molar-refractivity contribution in [1.82, 2.24) is 20.0 Å². The van der Waals surface area contributed by atoms with E-state index >= 15 is 0 Å². The zero-order valence-corrected chi connectivity index (χ0v) is 14.2. The van der Waals surface area contributed by atoms with Crippen LogP contribution in [0.25, 0.3) is 0 Å². The second kappa shape index (κ2) is 7.34. The van der Waals surface area contributed by atoms with Crippen LogP contribution in [0.3, 0.4) is 0 Å². The van der Waals surface area contributed by atoms with E-state index in [1.807, 2.05) is 19.2 Å². The molecule has 2 amide bonds. The Labute approximate surface area is 142 Å². The monoisotopic (exact) mass is 334 g/mol. The summed E-state index contributed by atoms with van der Waals surface area (Å²) in [6.45, 7) is 4.34. The molecular weight excluding hydrogens is 308 g/mol. The molecule has 0 unspecified atom stereocenters. The van der Waals surface area contributed by atoms with Crippen LogP contribution in [0.15, 0.2) is 18.5 Å². The van der Waals surface area contributed by atoms with Crippen LogP contribution < -0.4 is 5.32 Å². The van der Waals surface area contributed by atoms with Crippen molar-refractivity contribution in [2.45, 2.75) is 38.1 Å². The largest absolute Gasteiger partial charge is 0.372 e. The number of aromatic nitrogens is 2. The van der Waals surface area contributed by atoms with E-state index in [4.69, 9.17) is 4.74 Å². The maximum Gasteiger partial charge on any atom is 0.248 e. The maximum atomic E-state index is 12.9. The van der Waals surface area contributed by atoms with E-state index in [1.165, 1.54) is 12.8 Å². The van der Waals surface area contributed by atoms with Gasteiger partial charge in [-0.25, -0.2) is 0 Å². The molecule has 1 saturated heterocycles. The van der Waals surface area contributed by atoms with Crippen molar-refractivity contribution in [2.24, 2.45) is 5.92 Å². The van der Waals surface area contributed by atoms with Gasteiger partial charge < -0.3 is 15.0 Å². The first-order valence-electron chi connectivity index (χ1n) is 8.79. The molecule has 1 aromatic rings. The van der Waals surface area contributed by atoms with E-state index in [2.05, 4.69) is 10.4 Å². The maximum absolute atomic E-state index is 12.9. The number of piperidine rings is 1. The van der Waals surface area contributed by atoms with E-state index in [-0.39, 0.29) is 18.4 Å². The summed E-state index contributed by atoms with van der Waals surface area (Å²) in [4.78, 5) is 26.8. The summed E-state index contributed by atoms with van der Waals surface area (Å²) in [5.41, 5.74) is -0.694. The fourth-order valence-electron chi connectivity index (χ4n) is 3.21. The first-order chi connectivity index (χ1) is 11.7. The van der Waals surface area contributed by atoms with E-state index in [0.717, 1.165) is 6.54 Å². The first kappa shape index (κ1) is 17.0. The molecule has 7 nitrogen and oxygen atoms in total. The third kappa shape index (κ3) is 3.61. The quantitative estimate of drug-likeness (QED) is 0.799. The molecule has 0 spiro atoms. The summed E-state index contributed by atoms with van der Waals surface area (Å²) >= 11 is 0. The van der Waals surface area contributed by atoms with Gasteiger partial charge in [0.25, 0.3) is 0 Å². The molecule has 2 heterocycles. The number of carbonyl (C=O) groups excluding carboxylic acids is 2. The fourth-order valence-corrected chi connectivity index (χ4v) is 3.21. The molecule has 3 rings (SSSR count). The summed E-state index contributed by atoms with van der Waals surface area (Å²) in [6, 6.07) is 1.84. The van der Waals surface area contributed by atoms with Gasteiger partial charge in [-0.3, -0.25) is 14.3 Å². The molecule has 24 heavy (non-hydrogen) atoms. The summed E-state index contributed by atoms with van der Waals surface area (Å²) < 4.78 is 6.97. The summed E-state index contributed by atoms with van der Waals surface area (Å²) in [7, 11) is 0. The van der Waals surface area contributed by atoms with Crippen LogP contribution in [-0.2, 0) is 19.9 Å². The van der Waals surface area contributed by atoms with Crippen LogP contribution in [0.2, 0.25) is 0 Å². The number of ether oxygens (including phenoxy) is 1. The number of nitrogens with one attached hydrogen (secondary N) is 1. The predicted octanol–water partition coefficient (Wildman–Crippen LogP) is 0.764. The smallest absolute Gasteiger partial charge is 0.248 e. The molecule has 1 aliphatic carbocycles. The average Bonchev–Trinajstić information content (AvgIpc) is 3.28. The minimum Gasteiger partial charge on any atom is -0.372 e. The van der Waals surface area contributed by atoms with Gasteiger partial charge in [0.1, 0.15) is 12.1 Å². The Morgan fingerprint density at radius 2 is 2.08 bits per heavy atom. The van der Waals surface area contributed by atoms with Gasteiger partial charge in [-0.05, 0) is 44.6 Å². The highest BCUT2D eigenvalue weighted by Gasteiger charge is 2.44. The van der Waals surface area contributed by atoms with E-state index in [1.54, 1.807) is 15.8 Å². The number of likely N-dealkylation sites (tertiary alicyclic amines) is 1. The summed E-state index contributed by atoms with van der Waals surface area (Å²) in [5.74, 6) is 0.649. The summed E-state index contributed by atoms with van der Waals surface area (Å²) in [5, 5.41) is 7.42. The second-order valence-corrected chi connectivity index (χ2v) is 6.65. The van der Waals surface area contributed by atoms with Crippen molar-refractivity contribution < 1.29 is 14.3 Å². The molecule has 0 aromatic carbocycles. The van der Waals surface area contributed by atoms with Gasteiger partial charge in [-0.2, -0.15) is 5.10 Å². The average molecular weight is 334 g/mol. The Kier molecular flexibility index (Phi) is 5.18. The number of nitrogens with zero attached hydrogens (tertiary/aromatic N) is 3. The van der Waals surface area contributed by atoms with E-state index in [9.17, 15) is 9.59 Å². The Morgan fingerprint density at radius 1 is 1.33 bits per heavy atom. The molecule has 1 aromatic heterocycles. The molecule has 0 radical (unpaired) electrons. The van der Waals surface area contributed by atoms with Crippen molar-refractivity contribution >= 4 is 11.8 Å². The van der Waals surface area contributed by atoms with E-state index < -0.39 is 5.54 Å². The molecule has 1 saturated carbocycles. The molecule has 0 atom stereocenters. The number of hydrogen-bond acceptors (Lipinski definition) is 4. The van der Waals surface area contributed by atoms with Crippen LogP contribution in [0, 0.1) is 5.92 Å². The van der Waals surface area contributed by atoms with E-state index in [0.29, 0.717) is 38.5 Å². The molecule has 0 bridgehead atoms. The van der Waals surface area contributed by atoms with Gasteiger partial charge in [-0.1, -0.05) is 0 Å². The van der Waals surface area contributed by atoms with Crippen LogP contribution in [-0.4, -0.2) is 59.3 Å². The standard InChI is InChI=1S/C17H26N4O3/c1-2-24-13-15(22)20-10-6-17(7-11-20,21-9-3-8-19-21)16(23)18-12-14-4-5-14/h3,8-9,14H,2,4-7,10-13H2,1H3,(H,18,23). The molecule has 7 heteroatoms. The van der Waals surface area contributed by atoms with Crippen LogP contribution >= 0.6 is 0 Å². The predicted molar refractivity (Wildman–Crippen MR) is 88.2 cm³/mol. The minimum absolute atomic E-state index is 0.00990. The van der Waals surface area contributed by atoms with Crippen molar-refractivity contribution in [3.8, 4) is 0 Å². The van der Waals surface area contributed by atoms with Crippen LogP contribution in [0.1, 0.15) is 32.6 Å². The number of rotatable bonds is 7. The van der Waals surface area contributed by atoms with Crippen molar-refractivity contribution in [3.05, 3.63) is 18.5 Å². The Hall–Kier alpha value is -1.89. The fraction of sp³-hybridized carbons (Fsp3) is 0.706. The molecule has 2 aliphatic rings. The SMILES string of the molecule is CCOCC(=O)N1CCC(C(=O)NCC2CC2)(n2cccn2)CC1. The Bertz CT molecular complexity index is 560. The van der Waals surface area contributed by atoms with Gasteiger partial charge in [0.15, 0.2) is 0 Å². The zero-order chi connectivity index (χ0) is 17.0. The van der Waals surface area contributed by atoms with Crippen molar-refractivity contribution in [2.75, 3.05) is 32.8 Å². The number of hydrogen-bond donors (Lipinski definition) is 1. The van der Waals surface area contributed by atoms with Crippen molar-refractivity contribution in [3.63, 3.8) is 0 Å². The van der Waals surface area contributed by atoms with Gasteiger partial charge in [-0.15, -0.1) is 0 Å². The van der Waals surface area contributed by atoms with Gasteiger partial charge in [0.05, 0.1) is 0 Å². The highest BCUT2D eigenvalue weighted by atomic mass is 16.5. The number of carbonyl (C=O) groups is 2. The van der Waals surface area contributed by atoms with Crippen LogP contribution in [0.4, 0.5) is 0 Å². The number of amides is 2. The minimum atomic E-state index is -0.694. The Balaban J connectivity index is 1.66. The molecular formula is C17H26N4O3. The lowest BCUT2D eigenvalue weighted by molar-refractivity contribution is -0.142. The lowest BCUT2D eigenvalue weighted by atomic mass is 9.86. The normalized spacial score (nSPS) is 20.0. The zero-order valence-electron chi connectivity index (χ0n) is 14.2. The topological polar surface area (TPSA) is 76.5 Å². The van der Waals surface area contributed by atoms with Gasteiger partial charge >= 0.3 is 0 Å². The second-order valence-electron chi connectivity index (χ2n) is 6.65. The summed E-state index contributed by atoms with van der Waals surface area (Å²) in [6.07, 6.45) is 7.09. The third-order valence-corrected chi connectivity index (χ3v) is 4.99. The lowest BCUT2D eigenvalue weighted by Crippen LogP contribution is -2.56. The molecule has 132 valence electrons. The molecule has 1 N–H and O–H groups in total. The highest BCUT2D eigenvalue weighted by Crippen LogP contribution is 2.32. The molecule has 1 aliphatic heterocycles.